The minimum atomic E-state index is 0.389. The maximum absolute atomic E-state index is 6.09. The summed E-state index contributed by atoms with van der Waals surface area (Å²) < 4.78 is 0. The van der Waals surface area contributed by atoms with Crippen LogP contribution in [0.1, 0.15) is 13.8 Å². The lowest BCUT2D eigenvalue weighted by Gasteiger charge is -2.08. The highest BCUT2D eigenvalue weighted by Crippen LogP contribution is 2.29. The number of halogens is 2. The second-order valence-corrected chi connectivity index (χ2v) is 6.16. The second kappa shape index (κ2) is 5.51. The lowest BCUT2D eigenvalue weighted by molar-refractivity contribution is 0.543. The number of amidine groups is 1. The van der Waals surface area contributed by atoms with Gasteiger partial charge in [0.1, 0.15) is 0 Å². The molecule has 0 saturated heterocycles. The van der Waals surface area contributed by atoms with Gasteiger partial charge in [-0.2, -0.15) is 0 Å². The van der Waals surface area contributed by atoms with Crippen molar-refractivity contribution in [3.63, 3.8) is 0 Å². The number of nitrogens with one attached hydrogen (secondary N) is 1. The molecule has 1 atom stereocenters. The van der Waals surface area contributed by atoms with Gasteiger partial charge in [-0.1, -0.05) is 48.8 Å². The van der Waals surface area contributed by atoms with Crippen molar-refractivity contribution in [2.24, 2.45) is 10.9 Å². The van der Waals surface area contributed by atoms with Crippen LogP contribution in [0, 0.1) is 5.92 Å². The third-order valence-corrected chi connectivity index (χ3v) is 4.17. The molecular formula is C12H14Cl2N2S. The summed E-state index contributed by atoms with van der Waals surface area (Å²) in [7, 11) is 0. The predicted molar refractivity (Wildman–Crippen MR) is 78.6 cm³/mol. The average Bonchev–Trinajstić information content (AvgIpc) is 2.72. The van der Waals surface area contributed by atoms with Crippen LogP contribution >= 0.6 is 35.0 Å². The van der Waals surface area contributed by atoms with E-state index in [2.05, 4.69) is 24.2 Å². The molecule has 0 aromatic heterocycles. The number of nitrogens with zero attached hydrogens (tertiary/aromatic N) is 1. The molecular weight excluding hydrogens is 275 g/mol. The Morgan fingerprint density at radius 3 is 2.82 bits per heavy atom. The smallest absolute Gasteiger partial charge is 0.161 e. The van der Waals surface area contributed by atoms with Crippen molar-refractivity contribution in [1.29, 1.82) is 0 Å². The Bertz CT molecular complexity index is 446. The molecule has 0 amide bonds. The molecule has 92 valence electrons. The molecule has 0 saturated carbocycles. The van der Waals surface area contributed by atoms with Crippen LogP contribution in [0.2, 0.25) is 10.0 Å². The molecule has 17 heavy (non-hydrogen) atoms. The molecule has 1 N–H and O–H groups in total. The maximum Gasteiger partial charge on any atom is 0.161 e. The Morgan fingerprint density at radius 2 is 2.18 bits per heavy atom. The van der Waals surface area contributed by atoms with E-state index in [1.54, 1.807) is 23.9 Å². The Morgan fingerprint density at radius 1 is 1.41 bits per heavy atom. The van der Waals surface area contributed by atoms with Crippen molar-refractivity contribution < 1.29 is 0 Å². The summed E-state index contributed by atoms with van der Waals surface area (Å²) in [6.07, 6.45) is 0. The summed E-state index contributed by atoms with van der Waals surface area (Å²) in [5.41, 5.74) is 0.815. The third-order valence-electron chi connectivity index (χ3n) is 2.61. The molecule has 2 rings (SSSR count). The molecule has 0 aliphatic carbocycles. The van der Waals surface area contributed by atoms with Crippen molar-refractivity contribution in [2.75, 3.05) is 11.1 Å². The van der Waals surface area contributed by atoms with Crippen molar-refractivity contribution in [1.82, 2.24) is 0 Å². The first kappa shape index (κ1) is 13.1. The summed E-state index contributed by atoms with van der Waals surface area (Å²) in [6, 6.07) is 5.76. The maximum atomic E-state index is 6.09. The van der Waals surface area contributed by atoms with Crippen molar-refractivity contribution in [3.05, 3.63) is 28.2 Å². The zero-order chi connectivity index (χ0) is 12.4. The zero-order valence-electron chi connectivity index (χ0n) is 9.71. The van der Waals surface area contributed by atoms with Gasteiger partial charge in [-0.15, -0.1) is 0 Å². The Labute approximate surface area is 116 Å². The van der Waals surface area contributed by atoms with Crippen molar-refractivity contribution >= 4 is 45.8 Å². The number of rotatable bonds is 2. The van der Waals surface area contributed by atoms with Gasteiger partial charge < -0.3 is 5.32 Å². The first-order valence-corrected chi connectivity index (χ1v) is 7.23. The number of anilines is 1. The summed E-state index contributed by atoms with van der Waals surface area (Å²) in [5.74, 6) is 1.59. The van der Waals surface area contributed by atoms with E-state index in [9.17, 15) is 0 Å². The lowest BCUT2D eigenvalue weighted by Crippen LogP contribution is -2.12. The Kier molecular flexibility index (Phi) is 4.23. The standard InChI is InChI=1S/C12H14Cl2N2S/c1-7(2)11-6-17-12(16-11)15-10-5-8(13)3-4-9(10)14/h3-5,7,11H,6H2,1-2H3,(H,15,16)/t11-/m1/s1. The number of aliphatic imine (C=N–C) groups is 1. The molecule has 1 aromatic carbocycles. The van der Waals surface area contributed by atoms with Gasteiger partial charge in [0.05, 0.1) is 16.8 Å². The van der Waals surface area contributed by atoms with E-state index in [-0.39, 0.29) is 0 Å². The van der Waals surface area contributed by atoms with Gasteiger partial charge in [0, 0.05) is 10.8 Å². The van der Waals surface area contributed by atoms with Gasteiger partial charge in [0.25, 0.3) is 0 Å². The van der Waals surface area contributed by atoms with Gasteiger partial charge in [0.2, 0.25) is 0 Å². The van der Waals surface area contributed by atoms with Crippen LogP contribution in [0.15, 0.2) is 23.2 Å². The van der Waals surface area contributed by atoms with E-state index in [1.165, 1.54) is 0 Å². The molecule has 1 aromatic rings. The van der Waals surface area contributed by atoms with Gasteiger partial charge in [-0.25, -0.2) is 0 Å². The van der Waals surface area contributed by atoms with Crippen LogP contribution in [0.25, 0.3) is 0 Å². The highest BCUT2D eigenvalue weighted by molar-refractivity contribution is 8.14. The van der Waals surface area contributed by atoms with Gasteiger partial charge in [-0.05, 0) is 24.1 Å². The summed E-state index contributed by atoms with van der Waals surface area (Å²) in [4.78, 5) is 4.62. The third kappa shape index (κ3) is 3.30. The van der Waals surface area contributed by atoms with Crippen LogP contribution in [0.3, 0.4) is 0 Å². The lowest BCUT2D eigenvalue weighted by atomic mass is 10.1. The van der Waals surface area contributed by atoms with Crippen LogP contribution in [0.5, 0.6) is 0 Å². The molecule has 0 fully saturated rings. The summed E-state index contributed by atoms with van der Waals surface area (Å²) in [6.45, 7) is 4.37. The number of hydrogen-bond donors (Lipinski definition) is 1. The van der Waals surface area contributed by atoms with Crippen molar-refractivity contribution in [2.45, 2.75) is 19.9 Å². The molecule has 1 heterocycles. The molecule has 0 bridgehead atoms. The highest BCUT2D eigenvalue weighted by Gasteiger charge is 2.21. The first-order chi connectivity index (χ1) is 8.06. The molecule has 2 nitrogen and oxygen atoms in total. The predicted octanol–water partition coefficient (Wildman–Crippen LogP) is 4.53. The van der Waals surface area contributed by atoms with Crippen molar-refractivity contribution in [3.8, 4) is 0 Å². The van der Waals surface area contributed by atoms with E-state index in [4.69, 9.17) is 23.2 Å². The SMILES string of the molecule is CC(C)[C@H]1CSC(Nc2cc(Cl)ccc2Cl)=N1. The zero-order valence-corrected chi connectivity index (χ0v) is 12.0. The van der Waals surface area contributed by atoms with Gasteiger partial charge >= 0.3 is 0 Å². The normalized spacial score (nSPS) is 19.6. The van der Waals surface area contributed by atoms with Crippen LogP contribution in [0.4, 0.5) is 5.69 Å². The van der Waals surface area contributed by atoms with Gasteiger partial charge in [0.15, 0.2) is 5.17 Å². The molecule has 5 heteroatoms. The number of hydrogen-bond acceptors (Lipinski definition) is 3. The molecule has 0 spiro atoms. The fraction of sp³-hybridized carbons (Fsp3) is 0.417. The summed E-state index contributed by atoms with van der Waals surface area (Å²) in [5, 5.41) is 5.48. The highest BCUT2D eigenvalue weighted by atomic mass is 35.5. The topological polar surface area (TPSA) is 24.4 Å². The quantitative estimate of drug-likeness (QED) is 0.864. The van der Waals surface area contributed by atoms with E-state index in [0.29, 0.717) is 22.0 Å². The monoisotopic (exact) mass is 288 g/mol. The van der Waals surface area contributed by atoms with E-state index >= 15 is 0 Å². The first-order valence-electron chi connectivity index (χ1n) is 5.49. The molecule has 1 aliphatic rings. The average molecular weight is 289 g/mol. The summed E-state index contributed by atoms with van der Waals surface area (Å²) >= 11 is 13.7. The molecule has 0 unspecified atom stereocenters. The van der Waals surface area contributed by atoms with E-state index < -0.39 is 0 Å². The van der Waals surface area contributed by atoms with Crippen LogP contribution < -0.4 is 5.32 Å². The Balaban J connectivity index is 2.11. The van der Waals surface area contributed by atoms with E-state index in [1.807, 2.05) is 6.07 Å². The minimum Gasteiger partial charge on any atom is -0.334 e. The fourth-order valence-corrected chi connectivity index (χ4v) is 3.02. The largest absolute Gasteiger partial charge is 0.334 e. The molecule has 1 aliphatic heterocycles. The van der Waals surface area contributed by atoms with E-state index in [0.717, 1.165) is 16.6 Å². The molecule has 0 radical (unpaired) electrons. The fourth-order valence-electron chi connectivity index (χ4n) is 1.51. The number of benzene rings is 1. The minimum absolute atomic E-state index is 0.389. The second-order valence-electron chi connectivity index (χ2n) is 4.31. The van der Waals surface area contributed by atoms with Crippen LogP contribution in [-0.2, 0) is 0 Å². The van der Waals surface area contributed by atoms with Gasteiger partial charge in [-0.3, -0.25) is 4.99 Å². The number of thioether (sulfide) groups is 1. The Hall–Kier alpha value is -0.380. The van der Waals surface area contributed by atoms with Crippen LogP contribution in [-0.4, -0.2) is 17.0 Å².